The van der Waals surface area contributed by atoms with Crippen LogP contribution in [0.5, 0.6) is 0 Å². The van der Waals surface area contributed by atoms with Gasteiger partial charge in [-0.25, -0.2) is 9.18 Å². The van der Waals surface area contributed by atoms with Gasteiger partial charge in [-0.3, -0.25) is 4.68 Å². The molecule has 0 aliphatic rings. The molecule has 2 aromatic rings. The average molecular weight is 304 g/mol. The van der Waals surface area contributed by atoms with E-state index in [0.717, 1.165) is 18.5 Å². The molecule has 0 aliphatic carbocycles. The molecule has 22 heavy (non-hydrogen) atoms. The fourth-order valence-electron chi connectivity index (χ4n) is 2.52. The van der Waals surface area contributed by atoms with Gasteiger partial charge in [0.2, 0.25) is 0 Å². The molecule has 0 aliphatic heterocycles. The van der Waals surface area contributed by atoms with Crippen molar-refractivity contribution in [2.24, 2.45) is 0 Å². The summed E-state index contributed by atoms with van der Waals surface area (Å²) in [6, 6.07) is 2.94. The maximum atomic E-state index is 13.9. The molecule has 0 saturated heterocycles. The second kappa shape index (κ2) is 7.20. The molecular formula is C17H21FN2O2. The van der Waals surface area contributed by atoms with Crippen LogP contribution in [0.15, 0.2) is 24.5 Å². The largest absolute Gasteiger partial charge is 0.478 e. The number of carboxylic acids is 1. The summed E-state index contributed by atoms with van der Waals surface area (Å²) >= 11 is 0. The second-order valence-corrected chi connectivity index (χ2v) is 5.51. The Morgan fingerprint density at radius 2 is 2.05 bits per heavy atom. The lowest BCUT2D eigenvalue weighted by Crippen LogP contribution is -2.04. The first-order valence-corrected chi connectivity index (χ1v) is 7.59. The number of carbonyl (C=O) groups is 1. The molecule has 1 aromatic carbocycles. The Hall–Kier alpha value is -2.17. The third-order valence-electron chi connectivity index (χ3n) is 3.71. The van der Waals surface area contributed by atoms with E-state index in [4.69, 9.17) is 5.11 Å². The first-order valence-electron chi connectivity index (χ1n) is 7.59. The minimum atomic E-state index is -1.24. The van der Waals surface area contributed by atoms with Gasteiger partial charge in [-0.1, -0.05) is 32.3 Å². The molecule has 0 amide bonds. The Morgan fingerprint density at radius 3 is 2.68 bits per heavy atom. The molecule has 0 saturated carbocycles. The third-order valence-corrected chi connectivity index (χ3v) is 3.71. The van der Waals surface area contributed by atoms with Crippen molar-refractivity contribution in [3.05, 3.63) is 41.5 Å². The summed E-state index contributed by atoms with van der Waals surface area (Å²) in [4.78, 5) is 11.0. The smallest absolute Gasteiger partial charge is 0.338 e. The van der Waals surface area contributed by atoms with E-state index in [1.807, 2.05) is 10.9 Å². The summed E-state index contributed by atoms with van der Waals surface area (Å²) < 4.78 is 15.8. The van der Waals surface area contributed by atoms with Crippen molar-refractivity contribution < 1.29 is 14.3 Å². The highest BCUT2D eigenvalue weighted by Gasteiger charge is 2.16. The standard InChI is InChI=1S/C17H21FN2O2/c1-3-4-5-6-7-20-11-14(10-19-20)13-8-12(2)16(17(21)22)15(18)9-13/h8-11H,3-7H2,1-2H3,(H,21,22). The first-order chi connectivity index (χ1) is 10.5. The minimum Gasteiger partial charge on any atom is -0.478 e. The van der Waals surface area contributed by atoms with E-state index < -0.39 is 11.8 Å². The lowest BCUT2D eigenvalue weighted by molar-refractivity contribution is 0.0691. The number of aromatic carboxylic acids is 1. The van der Waals surface area contributed by atoms with Crippen LogP contribution < -0.4 is 0 Å². The van der Waals surface area contributed by atoms with Crippen molar-refractivity contribution in [2.45, 2.75) is 46.1 Å². The highest BCUT2D eigenvalue weighted by molar-refractivity contribution is 5.90. The van der Waals surface area contributed by atoms with E-state index in [9.17, 15) is 9.18 Å². The monoisotopic (exact) mass is 304 g/mol. The summed E-state index contributed by atoms with van der Waals surface area (Å²) in [6.07, 6.45) is 8.22. The van der Waals surface area contributed by atoms with E-state index in [-0.39, 0.29) is 5.56 Å². The fraction of sp³-hybridized carbons (Fsp3) is 0.412. The van der Waals surface area contributed by atoms with Crippen molar-refractivity contribution in [3.63, 3.8) is 0 Å². The maximum absolute atomic E-state index is 13.9. The van der Waals surface area contributed by atoms with Crippen molar-refractivity contribution in [3.8, 4) is 11.1 Å². The summed E-state index contributed by atoms with van der Waals surface area (Å²) in [7, 11) is 0. The average Bonchev–Trinajstić information content (AvgIpc) is 2.91. The molecule has 1 N–H and O–H groups in total. The van der Waals surface area contributed by atoms with Gasteiger partial charge < -0.3 is 5.11 Å². The van der Waals surface area contributed by atoms with Gasteiger partial charge in [0.05, 0.1) is 11.8 Å². The second-order valence-electron chi connectivity index (χ2n) is 5.51. The molecule has 1 aromatic heterocycles. The number of unbranched alkanes of at least 4 members (excludes halogenated alkanes) is 3. The molecule has 1 heterocycles. The number of rotatable bonds is 7. The normalized spacial score (nSPS) is 10.9. The molecule has 0 unspecified atom stereocenters. The highest BCUT2D eigenvalue weighted by atomic mass is 19.1. The number of aromatic nitrogens is 2. The molecule has 4 nitrogen and oxygen atoms in total. The molecule has 0 spiro atoms. The van der Waals surface area contributed by atoms with E-state index in [2.05, 4.69) is 12.0 Å². The van der Waals surface area contributed by atoms with Crippen LogP contribution >= 0.6 is 0 Å². The van der Waals surface area contributed by atoms with E-state index in [0.29, 0.717) is 11.1 Å². The van der Waals surface area contributed by atoms with Crippen LogP contribution in [0.25, 0.3) is 11.1 Å². The summed E-state index contributed by atoms with van der Waals surface area (Å²) in [6.45, 7) is 4.61. The molecule has 2 rings (SSSR count). The lowest BCUT2D eigenvalue weighted by atomic mass is 10.0. The van der Waals surface area contributed by atoms with Crippen LogP contribution in [0.1, 0.15) is 48.5 Å². The molecule has 118 valence electrons. The number of aryl methyl sites for hydroxylation is 2. The molecule has 0 atom stereocenters. The van der Waals surface area contributed by atoms with Crippen LogP contribution in [0, 0.1) is 12.7 Å². The van der Waals surface area contributed by atoms with Gasteiger partial charge in [0.1, 0.15) is 5.82 Å². The van der Waals surface area contributed by atoms with Crippen LogP contribution in [0.3, 0.4) is 0 Å². The van der Waals surface area contributed by atoms with Crippen molar-refractivity contribution in [1.29, 1.82) is 0 Å². The molecule has 0 fully saturated rings. The molecule has 0 radical (unpaired) electrons. The minimum absolute atomic E-state index is 0.268. The van der Waals surface area contributed by atoms with Crippen LogP contribution in [0.2, 0.25) is 0 Å². The zero-order valence-corrected chi connectivity index (χ0v) is 13.0. The number of hydrogen-bond acceptors (Lipinski definition) is 2. The van der Waals surface area contributed by atoms with E-state index in [1.165, 1.54) is 25.3 Å². The van der Waals surface area contributed by atoms with Crippen molar-refractivity contribution >= 4 is 5.97 Å². The van der Waals surface area contributed by atoms with Crippen LogP contribution in [-0.2, 0) is 6.54 Å². The zero-order valence-electron chi connectivity index (χ0n) is 13.0. The molecule has 0 bridgehead atoms. The van der Waals surface area contributed by atoms with Crippen LogP contribution in [0.4, 0.5) is 4.39 Å². The number of benzene rings is 1. The first kappa shape index (κ1) is 16.2. The van der Waals surface area contributed by atoms with E-state index >= 15 is 0 Å². The topological polar surface area (TPSA) is 55.1 Å². The summed E-state index contributed by atoms with van der Waals surface area (Å²) in [5.74, 6) is -1.95. The van der Waals surface area contributed by atoms with Crippen molar-refractivity contribution in [1.82, 2.24) is 9.78 Å². The van der Waals surface area contributed by atoms with Gasteiger partial charge in [0, 0.05) is 18.3 Å². The Kier molecular flexibility index (Phi) is 5.31. The Balaban J connectivity index is 2.15. The predicted octanol–water partition coefficient (Wildman–Crippen LogP) is 4.28. The van der Waals surface area contributed by atoms with Gasteiger partial charge in [-0.2, -0.15) is 5.10 Å². The van der Waals surface area contributed by atoms with Gasteiger partial charge in [-0.05, 0) is 30.5 Å². The fourth-order valence-corrected chi connectivity index (χ4v) is 2.52. The Labute approximate surface area is 129 Å². The number of hydrogen-bond donors (Lipinski definition) is 1. The maximum Gasteiger partial charge on any atom is 0.338 e. The lowest BCUT2D eigenvalue weighted by Gasteiger charge is -2.06. The van der Waals surface area contributed by atoms with Crippen LogP contribution in [-0.4, -0.2) is 20.9 Å². The SMILES string of the molecule is CCCCCCn1cc(-c2cc(C)c(C(=O)O)c(F)c2)cn1. The number of halogens is 1. The van der Waals surface area contributed by atoms with Gasteiger partial charge >= 0.3 is 5.97 Å². The third kappa shape index (κ3) is 3.72. The van der Waals surface area contributed by atoms with Gasteiger partial charge in [0.25, 0.3) is 0 Å². The number of nitrogens with zero attached hydrogens (tertiary/aromatic N) is 2. The van der Waals surface area contributed by atoms with Gasteiger partial charge in [0.15, 0.2) is 0 Å². The Morgan fingerprint density at radius 1 is 1.27 bits per heavy atom. The van der Waals surface area contributed by atoms with Gasteiger partial charge in [-0.15, -0.1) is 0 Å². The zero-order chi connectivity index (χ0) is 16.1. The summed E-state index contributed by atoms with van der Waals surface area (Å²) in [5.41, 5.74) is 1.60. The predicted molar refractivity (Wildman–Crippen MR) is 83.5 cm³/mol. The Bertz CT molecular complexity index is 641. The highest BCUT2D eigenvalue weighted by Crippen LogP contribution is 2.24. The van der Waals surface area contributed by atoms with E-state index in [1.54, 1.807) is 19.2 Å². The summed E-state index contributed by atoms with van der Waals surface area (Å²) in [5, 5.41) is 13.3. The quantitative estimate of drug-likeness (QED) is 0.777. The van der Waals surface area contributed by atoms with Crippen molar-refractivity contribution in [2.75, 3.05) is 0 Å². The number of carboxylic acid groups (broad SMARTS) is 1. The molecule has 5 heteroatoms. The molecular weight excluding hydrogens is 283 g/mol.